The Morgan fingerprint density at radius 1 is 1.00 bits per heavy atom. The fourth-order valence-electron chi connectivity index (χ4n) is 2.27. The molecule has 110 valence electrons. The summed E-state index contributed by atoms with van der Waals surface area (Å²) in [7, 11) is 0. The normalized spacial score (nSPS) is 12.8. The van der Waals surface area contributed by atoms with Gasteiger partial charge >= 0.3 is 0 Å². The van der Waals surface area contributed by atoms with Gasteiger partial charge in [-0.15, -0.1) is 0 Å². The number of nitrogens with two attached hydrogens (primary N) is 1. The van der Waals surface area contributed by atoms with Gasteiger partial charge in [0.05, 0.1) is 0 Å². The van der Waals surface area contributed by atoms with Gasteiger partial charge in [0.25, 0.3) is 0 Å². The van der Waals surface area contributed by atoms with Gasteiger partial charge in [-0.25, -0.2) is 0 Å². The summed E-state index contributed by atoms with van der Waals surface area (Å²) in [6.45, 7) is 6.36. The lowest BCUT2D eigenvalue weighted by molar-refractivity contribution is -0.117. The van der Waals surface area contributed by atoms with E-state index in [1.54, 1.807) is 0 Å². The third-order valence-corrected chi connectivity index (χ3v) is 3.43. The molecule has 2 aromatic rings. The van der Waals surface area contributed by atoms with Gasteiger partial charge in [-0.1, -0.05) is 69.3 Å². The zero-order valence-electron chi connectivity index (χ0n) is 12.8. The highest BCUT2D eigenvalue weighted by Crippen LogP contribution is 2.29. The standard InChI is InChI=1S/C18H22N2O/c1-18(2,3)14-11-7-8-12-15(14)20-17(21)16(19)13-9-5-4-6-10-13/h4-12,16H,19H2,1-3H3,(H,20,21)/t16-/m0/s1. The summed E-state index contributed by atoms with van der Waals surface area (Å²) in [5.74, 6) is -0.196. The fourth-order valence-corrected chi connectivity index (χ4v) is 2.27. The molecule has 0 aliphatic rings. The molecule has 0 radical (unpaired) electrons. The first-order valence-electron chi connectivity index (χ1n) is 7.10. The van der Waals surface area contributed by atoms with Gasteiger partial charge in [-0.05, 0) is 22.6 Å². The van der Waals surface area contributed by atoms with E-state index in [0.717, 1.165) is 16.8 Å². The van der Waals surface area contributed by atoms with Crippen molar-refractivity contribution in [3.05, 3.63) is 65.7 Å². The van der Waals surface area contributed by atoms with Gasteiger partial charge in [0, 0.05) is 5.69 Å². The first kappa shape index (κ1) is 15.3. The van der Waals surface area contributed by atoms with Gasteiger partial charge in [-0.3, -0.25) is 4.79 Å². The zero-order chi connectivity index (χ0) is 15.5. The Labute approximate surface area is 126 Å². The maximum Gasteiger partial charge on any atom is 0.245 e. The second-order valence-corrected chi connectivity index (χ2v) is 6.17. The Bertz CT molecular complexity index is 615. The molecule has 0 aliphatic carbocycles. The fraction of sp³-hybridized carbons (Fsp3) is 0.278. The van der Waals surface area contributed by atoms with Crippen LogP contribution in [0.15, 0.2) is 54.6 Å². The summed E-state index contributed by atoms with van der Waals surface area (Å²) >= 11 is 0. The van der Waals surface area contributed by atoms with E-state index in [1.807, 2.05) is 54.6 Å². The number of hydrogen-bond acceptors (Lipinski definition) is 2. The molecule has 3 heteroatoms. The van der Waals surface area contributed by atoms with Crippen LogP contribution in [0.2, 0.25) is 0 Å². The molecular formula is C18H22N2O. The highest BCUT2D eigenvalue weighted by atomic mass is 16.2. The molecule has 0 aliphatic heterocycles. The van der Waals surface area contributed by atoms with E-state index in [-0.39, 0.29) is 11.3 Å². The highest BCUT2D eigenvalue weighted by Gasteiger charge is 2.21. The molecule has 1 amide bonds. The third-order valence-electron chi connectivity index (χ3n) is 3.43. The Kier molecular flexibility index (Phi) is 4.43. The summed E-state index contributed by atoms with van der Waals surface area (Å²) < 4.78 is 0. The lowest BCUT2D eigenvalue weighted by Gasteiger charge is -2.23. The molecule has 2 rings (SSSR count). The number of para-hydroxylation sites is 1. The molecule has 21 heavy (non-hydrogen) atoms. The Balaban J connectivity index is 2.21. The predicted octanol–water partition coefficient (Wildman–Crippen LogP) is 3.62. The minimum atomic E-state index is -0.667. The van der Waals surface area contributed by atoms with Crippen LogP contribution in [0.25, 0.3) is 0 Å². The van der Waals surface area contributed by atoms with E-state index in [9.17, 15) is 4.79 Å². The number of benzene rings is 2. The number of carbonyl (C=O) groups is 1. The Hall–Kier alpha value is -2.13. The van der Waals surface area contributed by atoms with Crippen molar-refractivity contribution < 1.29 is 4.79 Å². The minimum absolute atomic E-state index is 0.0410. The minimum Gasteiger partial charge on any atom is -0.324 e. The molecule has 0 fully saturated rings. The van der Waals surface area contributed by atoms with Gasteiger partial charge in [0.15, 0.2) is 0 Å². The van der Waals surface area contributed by atoms with Gasteiger partial charge in [0.2, 0.25) is 5.91 Å². The van der Waals surface area contributed by atoms with Crippen LogP contribution in [0.1, 0.15) is 37.9 Å². The molecule has 0 unspecified atom stereocenters. The quantitative estimate of drug-likeness (QED) is 0.903. The van der Waals surface area contributed by atoms with Gasteiger partial charge < -0.3 is 11.1 Å². The topological polar surface area (TPSA) is 55.1 Å². The summed E-state index contributed by atoms with van der Waals surface area (Å²) in [5.41, 5.74) is 8.72. The first-order chi connectivity index (χ1) is 9.89. The van der Waals surface area contributed by atoms with Crippen molar-refractivity contribution in [1.29, 1.82) is 0 Å². The molecule has 0 aromatic heterocycles. The molecule has 0 heterocycles. The van der Waals surface area contributed by atoms with Crippen LogP contribution in [-0.4, -0.2) is 5.91 Å². The lowest BCUT2D eigenvalue weighted by atomic mass is 9.85. The number of hydrogen-bond donors (Lipinski definition) is 2. The van der Waals surface area contributed by atoms with Gasteiger partial charge in [-0.2, -0.15) is 0 Å². The van der Waals surface area contributed by atoms with E-state index >= 15 is 0 Å². The van der Waals surface area contributed by atoms with Crippen molar-refractivity contribution >= 4 is 11.6 Å². The van der Waals surface area contributed by atoms with Crippen molar-refractivity contribution in [1.82, 2.24) is 0 Å². The molecule has 1 atom stereocenters. The number of carbonyl (C=O) groups excluding carboxylic acids is 1. The molecule has 3 N–H and O–H groups in total. The Morgan fingerprint density at radius 3 is 2.19 bits per heavy atom. The average molecular weight is 282 g/mol. The van der Waals surface area contributed by atoms with E-state index in [1.165, 1.54) is 0 Å². The van der Waals surface area contributed by atoms with E-state index in [4.69, 9.17) is 5.73 Å². The van der Waals surface area contributed by atoms with Gasteiger partial charge in [0.1, 0.15) is 6.04 Å². The lowest BCUT2D eigenvalue weighted by Crippen LogP contribution is -2.29. The largest absolute Gasteiger partial charge is 0.324 e. The molecular weight excluding hydrogens is 260 g/mol. The second-order valence-electron chi connectivity index (χ2n) is 6.17. The van der Waals surface area contributed by atoms with Crippen LogP contribution < -0.4 is 11.1 Å². The number of amides is 1. The summed E-state index contributed by atoms with van der Waals surface area (Å²) in [5, 5.41) is 2.95. The molecule has 3 nitrogen and oxygen atoms in total. The predicted molar refractivity (Wildman–Crippen MR) is 87.1 cm³/mol. The average Bonchev–Trinajstić information content (AvgIpc) is 2.47. The van der Waals surface area contributed by atoms with Crippen LogP contribution in [0.5, 0.6) is 0 Å². The summed E-state index contributed by atoms with van der Waals surface area (Å²) in [6, 6.07) is 16.6. The molecule has 0 saturated carbocycles. The van der Waals surface area contributed by atoms with Crippen LogP contribution >= 0.6 is 0 Å². The van der Waals surface area contributed by atoms with Crippen molar-refractivity contribution in [3.8, 4) is 0 Å². The highest BCUT2D eigenvalue weighted by molar-refractivity contribution is 5.96. The van der Waals surface area contributed by atoms with Crippen molar-refractivity contribution in [3.63, 3.8) is 0 Å². The van der Waals surface area contributed by atoms with Crippen LogP contribution in [0, 0.1) is 0 Å². The third kappa shape index (κ3) is 3.70. The van der Waals surface area contributed by atoms with Crippen LogP contribution in [0.3, 0.4) is 0 Å². The molecule has 0 spiro atoms. The van der Waals surface area contributed by atoms with E-state index < -0.39 is 6.04 Å². The molecule has 0 bridgehead atoms. The first-order valence-corrected chi connectivity index (χ1v) is 7.10. The summed E-state index contributed by atoms with van der Waals surface area (Å²) in [4.78, 5) is 12.4. The van der Waals surface area contributed by atoms with E-state index in [2.05, 4.69) is 26.1 Å². The number of nitrogens with one attached hydrogen (secondary N) is 1. The zero-order valence-corrected chi connectivity index (χ0v) is 12.8. The smallest absolute Gasteiger partial charge is 0.245 e. The number of rotatable bonds is 3. The van der Waals surface area contributed by atoms with Crippen LogP contribution in [0.4, 0.5) is 5.69 Å². The second kappa shape index (κ2) is 6.10. The maximum atomic E-state index is 12.4. The van der Waals surface area contributed by atoms with Crippen LogP contribution in [-0.2, 0) is 10.2 Å². The monoisotopic (exact) mass is 282 g/mol. The summed E-state index contributed by atoms with van der Waals surface area (Å²) in [6.07, 6.45) is 0. The van der Waals surface area contributed by atoms with E-state index in [0.29, 0.717) is 0 Å². The Morgan fingerprint density at radius 2 is 1.57 bits per heavy atom. The SMILES string of the molecule is CC(C)(C)c1ccccc1NC(=O)[C@@H](N)c1ccccc1. The van der Waals surface area contributed by atoms with Crippen molar-refractivity contribution in [2.45, 2.75) is 32.2 Å². The van der Waals surface area contributed by atoms with Crippen molar-refractivity contribution in [2.75, 3.05) is 5.32 Å². The maximum absolute atomic E-state index is 12.4. The molecule has 2 aromatic carbocycles. The molecule has 0 saturated heterocycles. The number of anilines is 1. The van der Waals surface area contributed by atoms with Crippen molar-refractivity contribution in [2.24, 2.45) is 5.73 Å².